The van der Waals surface area contributed by atoms with Gasteiger partial charge in [-0.25, -0.2) is 9.37 Å². The van der Waals surface area contributed by atoms with Crippen molar-refractivity contribution in [3.63, 3.8) is 0 Å². The molecule has 1 amide bonds. The van der Waals surface area contributed by atoms with Crippen LogP contribution in [0.15, 0.2) is 42.6 Å². The number of nitrogens with one attached hydrogen (secondary N) is 1. The molecule has 5 heteroatoms. The van der Waals surface area contributed by atoms with Crippen molar-refractivity contribution in [2.75, 3.05) is 18.4 Å². The van der Waals surface area contributed by atoms with Crippen molar-refractivity contribution >= 4 is 28.2 Å². The quantitative estimate of drug-likeness (QED) is 0.713. The Morgan fingerprint density at radius 3 is 2.68 bits per heavy atom. The third kappa shape index (κ3) is 2.73. The molecule has 2 aromatic carbocycles. The minimum atomic E-state index is -0.259. The second-order valence-electron chi connectivity index (χ2n) is 8.02. The topological polar surface area (TPSA) is 45.2 Å². The molecule has 1 aromatic heterocycles. The molecular formula is C23H22FN3O. The number of fused-ring (bicyclic) bond motifs is 2. The van der Waals surface area contributed by atoms with Gasteiger partial charge in [0.25, 0.3) is 5.91 Å². The average Bonchev–Trinajstić information content (AvgIpc) is 3.30. The number of hydrogen-bond acceptors (Lipinski definition) is 3. The van der Waals surface area contributed by atoms with Gasteiger partial charge < -0.3 is 10.2 Å². The fourth-order valence-electron chi connectivity index (χ4n) is 4.35. The summed E-state index contributed by atoms with van der Waals surface area (Å²) >= 11 is 0. The molecule has 1 N–H and O–H groups in total. The van der Waals surface area contributed by atoms with Gasteiger partial charge in [0.15, 0.2) is 0 Å². The van der Waals surface area contributed by atoms with Crippen LogP contribution in [0.1, 0.15) is 27.9 Å². The number of benzene rings is 2. The Hall–Kier alpha value is -2.95. The molecule has 1 aliphatic carbocycles. The second-order valence-corrected chi connectivity index (χ2v) is 8.02. The highest BCUT2D eigenvalue weighted by atomic mass is 19.1. The van der Waals surface area contributed by atoms with Gasteiger partial charge in [0, 0.05) is 41.3 Å². The Bertz CT molecular complexity index is 1100. The predicted octanol–water partition coefficient (Wildman–Crippen LogP) is 4.83. The molecule has 2 unspecified atom stereocenters. The standard InChI is InChI=1S/C23H22FN3O/c1-13-5-3-6-17-21(13)18(23(28)27-11-15-9-16(15)12-27)10-25-22(17)26-20-8-4-7-19(24)14(20)2/h3-8,10,15-16H,9,11-12H2,1-2H3,(H,25,26). The summed E-state index contributed by atoms with van der Waals surface area (Å²) < 4.78 is 13.9. The van der Waals surface area contributed by atoms with Crippen molar-refractivity contribution < 1.29 is 9.18 Å². The zero-order valence-electron chi connectivity index (χ0n) is 16.0. The van der Waals surface area contributed by atoms with Crippen LogP contribution in [0.5, 0.6) is 0 Å². The van der Waals surface area contributed by atoms with Gasteiger partial charge in [-0.3, -0.25) is 4.79 Å². The number of hydrogen-bond donors (Lipinski definition) is 1. The van der Waals surface area contributed by atoms with Crippen LogP contribution >= 0.6 is 0 Å². The van der Waals surface area contributed by atoms with Gasteiger partial charge in [-0.1, -0.05) is 24.3 Å². The van der Waals surface area contributed by atoms with Crippen molar-refractivity contribution in [2.45, 2.75) is 20.3 Å². The largest absolute Gasteiger partial charge is 0.339 e. The molecular weight excluding hydrogens is 353 g/mol. The van der Waals surface area contributed by atoms with Crippen molar-refractivity contribution in [3.05, 3.63) is 65.1 Å². The molecule has 3 aromatic rings. The molecule has 1 saturated heterocycles. The van der Waals surface area contributed by atoms with E-state index in [0.29, 0.717) is 34.5 Å². The van der Waals surface area contributed by atoms with E-state index in [1.807, 2.05) is 36.1 Å². The van der Waals surface area contributed by atoms with Crippen LogP contribution in [0.25, 0.3) is 10.8 Å². The van der Waals surface area contributed by atoms with Crippen LogP contribution in [0.3, 0.4) is 0 Å². The van der Waals surface area contributed by atoms with Crippen molar-refractivity contribution in [1.82, 2.24) is 9.88 Å². The fourth-order valence-corrected chi connectivity index (χ4v) is 4.35. The van der Waals surface area contributed by atoms with E-state index in [1.165, 1.54) is 12.5 Å². The smallest absolute Gasteiger partial charge is 0.256 e. The van der Waals surface area contributed by atoms with E-state index in [4.69, 9.17) is 0 Å². The molecule has 1 aliphatic heterocycles. The summed E-state index contributed by atoms with van der Waals surface area (Å²) in [5.74, 6) is 1.83. The molecule has 4 nitrogen and oxygen atoms in total. The summed E-state index contributed by atoms with van der Waals surface area (Å²) in [6.07, 6.45) is 2.93. The molecule has 142 valence electrons. The molecule has 0 bridgehead atoms. The highest BCUT2D eigenvalue weighted by Gasteiger charge is 2.46. The maximum atomic E-state index is 13.9. The number of nitrogens with zero attached hydrogens (tertiary/aromatic N) is 2. The molecule has 2 heterocycles. The van der Waals surface area contributed by atoms with E-state index in [1.54, 1.807) is 19.2 Å². The van der Waals surface area contributed by atoms with Gasteiger partial charge in [0.1, 0.15) is 11.6 Å². The van der Waals surface area contributed by atoms with E-state index in [0.717, 1.165) is 29.4 Å². The van der Waals surface area contributed by atoms with Gasteiger partial charge in [0.05, 0.1) is 5.56 Å². The normalized spacial score (nSPS) is 20.3. The first-order valence-electron chi connectivity index (χ1n) is 9.72. The van der Waals surface area contributed by atoms with E-state index < -0.39 is 0 Å². The van der Waals surface area contributed by atoms with E-state index in [2.05, 4.69) is 10.3 Å². The molecule has 2 aliphatic rings. The number of carbonyl (C=O) groups excluding carboxylic acids is 1. The molecule has 2 fully saturated rings. The highest BCUT2D eigenvalue weighted by Crippen LogP contribution is 2.45. The molecule has 1 saturated carbocycles. The lowest BCUT2D eigenvalue weighted by Crippen LogP contribution is -2.30. The number of amides is 1. The molecule has 2 atom stereocenters. The van der Waals surface area contributed by atoms with E-state index >= 15 is 0 Å². The summed E-state index contributed by atoms with van der Waals surface area (Å²) in [5, 5.41) is 5.05. The third-order valence-corrected chi connectivity index (χ3v) is 6.14. The van der Waals surface area contributed by atoms with Crippen LogP contribution in [0.2, 0.25) is 0 Å². The van der Waals surface area contributed by atoms with Gasteiger partial charge in [-0.15, -0.1) is 0 Å². The molecule has 0 radical (unpaired) electrons. The lowest BCUT2D eigenvalue weighted by atomic mass is 10.0. The summed E-state index contributed by atoms with van der Waals surface area (Å²) in [4.78, 5) is 19.7. The first-order valence-corrected chi connectivity index (χ1v) is 9.72. The summed E-state index contributed by atoms with van der Waals surface area (Å²) in [6.45, 7) is 5.47. The molecule has 5 rings (SSSR count). The Balaban J connectivity index is 1.58. The van der Waals surface area contributed by atoms with Crippen molar-refractivity contribution in [3.8, 4) is 0 Å². The number of likely N-dealkylation sites (tertiary alicyclic amines) is 1. The van der Waals surface area contributed by atoms with Gasteiger partial charge in [-0.2, -0.15) is 0 Å². The Labute approximate surface area is 163 Å². The maximum absolute atomic E-state index is 13.9. The fraction of sp³-hybridized carbons (Fsp3) is 0.304. The van der Waals surface area contributed by atoms with Crippen LogP contribution in [0.4, 0.5) is 15.9 Å². The Kier molecular flexibility index (Phi) is 3.86. The summed E-state index contributed by atoms with van der Waals surface area (Å²) in [5.41, 5.74) is 2.90. The molecule has 0 spiro atoms. The number of anilines is 2. The zero-order chi connectivity index (χ0) is 19.4. The maximum Gasteiger partial charge on any atom is 0.256 e. The Morgan fingerprint density at radius 1 is 1.14 bits per heavy atom. The van der Waals surface area contributed by atoms with Crippen molar-refractivity contribution in [1.29, 1.82) is 0 Å². The lowest BCUT2D eigenvalue weighted by Gasteiger charge is -2.20. The van der Waals surface area contributed by atoms with Crippen LogP contribution in [0, 0.1) is 31.5 Å². The number of halogens is 1. The van der Waals surface area contributed by atoms with E-state index in [-0.39, 0.29) is 11.7 Å². The zero-order valence-corrected chi connectivity index (χ0v) is 16.0. The minimum absolute atomic E-state index is 0.0625. The highest BCUT2D eigenvalue weighted by molar-refractivity contribution is 6.10. The predicted molar refractivity (Wildman–Crippen MR) is 108 cm³/mol. The monoisotopic (exact) mass is 375 g/mol. The minimum Gasteiger partial charge on any atom is -0.339 e. The Morgan fingerprint density at radius 2 is 1.89 bits per heavy atom. The third-order valence-electron chi connectivity index (χ3n) is 6.14. The number of rotatable bonds is 3. The first kappa shape index (κ1) is 17.2. The lowest BCUT2D eigenvalue weighted by molar-refractivity contribution is 0.0777. The molecule has 28 heavy (non-hydrogen) atoms. The summed E-state index contributed by atoms with van der Waals surface area (Å²) in [7, 11) is 0. The first-order chi connectivity index (χ1) is 13.5. The number of piperidine rings is 1. The number of aromatic nitrogens is 1. The second kappa shape index (κ2) is 6.30. The van der Waals surface area contributed by atoms with Crippen molar-refractivity contribution in [2.24, 2.45) is 11.8 Å². The van der Waals surface area contributed by atoms with Gasteiger partial charge in [0.2, 0.25) is 0 Å². The van der Waals surface area contributed by atoms with Crippen LogP contribution in [-0.2, 0) is 0 Å². The van der Waals surface area contributed by atoms with Crippen LogP contribution in [-0.4, -0.2) is 28.9 Å². The number of aryl methyl sites for hydroxylation is 1. The van der Waals surface area contributed by atoms with Gasteiger partial charge >= 0.3 is 0 Å². The summed E-state index contributed by atoms with van der Waals surface area (Å²) in [6, 6.07) is 10.9. The number of pyridine rings is 1. The van der Waals surface area contributed by atoms with Gasteiger partial charge in [-0.05, 0) is 49.8 Å². The van der Waals surface area contributed by atoms with E-state index in [9.17, 15) is 9.18 Å². The average molecular weight is 375 g/mol. The van der Waals surface area contributed by atoms with Crippen LogP contribution < -0.4 is 5.32 Å². The number of carbonyl (C=O) groups is 1. The SMILES string of the molecule is Cc1c(F)cccc1Nc1ncc(C(=O)N2CC3CC3C2)c2c(C)cccc12.